The van der Waals surface area contributed by atoms with E-state index in [1.165, 1.54) is 23.7 Å². The number of amides is 2. The molecule has 2 amide bonds. The highest BCUT2D eigenvalue weighted by atomic mass is 32.1. The summed E-state index contributed by atoms with van der Waals surface area (Å²) in [6.07, 6.45) is 8.45. The molecule has 0 saturated carbocycles. The van der Waals surface area contributed by atoms with E-state index < -0.39 is 18.0 Å². The Balaban J connectivity index is 1.91. The number of esters is 2. The summed E-state index contributed by atoms with van der Waals surface area (Å²) in [6.45, 7) is 5.88. The fourth-order valence-corrected chi connectivity index (χ4v) is 4.77. The lowest BCUT2D eigenvalue weighted by Gasteiger charge is -2.17. The maximum atomic E-state index is 13.4. The first kappa shape index (κ1) is 28.3. The van der Waals surface area contributed by atoms with E-state index in [0.717, 1.165) is 11.3 Å². The Morgan fingerprint density at radius 2 is 1.70 bits per heavy atom. The van der Waals surface area contributed by atoms with Crippen LogP contribution >= 0.6 is 11.3 Å². The molecule has 0 fully saturated rings. The largest absolute Gasteiger partial charge is 0.462 e. The number of nitrogens with zero attached hydrogens (tertiary/aromatic N) is 4. The molecular formula is C28H28N6O5S. The van der Waals surface area contributed by atoms with Crippen molar-refractivity contribution in [2.45, 2.75) is 27.2 Å². The quantitative estimate of drug-likeness (QED) is 0.262. The van der Waals surface area contributed by atoms with Crippen molar-refractivity contribution < 1.29 is 23.9 Å². The zero-order valence-corrected chi connectivity index (χ0v) is 23.1. The molecule has 4 rings (SSSR count). The van der Waals surface area contributed by atoms with Crippen molar-refractivity contribution in [2.75, 3.05) is 25.1 Å². The Morgan fingerprint density at radius 1 is 0.950 bits per heavy atom. The Kier molecular flexibility index (Phi) is 9.47. The van der Waals surface area contributed by atoms with Gasteiger partial charge in [-0.25, -0.2) is 24.4 Å². The first-order valence-corrected chi connectivity index (χ1v) is 13.5. The summed E-state index contributed by atoms with van der Waals surface area (Å²) in [5.74, 6) is -1.19. The fraction of sp³-hybridized carbons (Fsp3) is 0.250. The van der Waals surface area contributed by atoms with Gasteiger partial charge in [-0.15, -0.1) is 11.3 Å². The van der Waals surface area contributed by atoms with Crippen molar-refractivity contribution in [1.82, 2.24) is 25.3 Å². The third kappa shape index (κ3) is 6.64. The summed E-state index contributed by atoms with van der Waals surface area (Å²) < 4.78 is 10.5. The number of thiazole rings is 1. The summed E-state index contributed by atoms with van der Waals surface area (Å²) in [7, 11) is 0. The van der Waals surface area contributed by atoms with Crippen LogP contribution in [0.4, 0.5) is 10.6 Å². The summed E-state index contributed by atoms with van der Waals surface area (Å²) in [5.41, 5.74) is 3.47. The number of pyridine rings is 3. The van der Waals surface area contributed by atoms with Gasteiger partial charge in [0.25, 0.3) is 0 Å². The van der Waals surface area contributed by atoms with Crippen molar-refractivity contribution in [3.05, 3.63) is 76.9 Å². The predicted octanol–water partition coefficient (Wildman–Crippen LogP) is 4.75. The first-order chi connectivity index (χ1) is 19.4. The standard InChI is InChI=1S/C28H28N6O5S/c1-4-31-28(37)34-24-23(27(36)39-6-3)22(25-33-20(16-40-25)11-17-7-9-29-10-8-17)21(15-32-24)18-12-19(14-30-13-18)26(35)38-5-2/h7-10,12-16H,4-6,11H2,1-3H3,(H2,31,32,34,37). The van der Waals surface area contributed by atoms with Gasteiger partial charge >= 0.3 is 18.0 Å². The topological polar surface area (TPSA) is 145 Å². The minimum Gasteiger partial charge on any atom is -0.462 e. The second-order valence-electron chi connectivity index (χ2n) is 8.33. The van der Waals surface area contributed by atoms with Gasteiger partial charge in [0.05, 0.1) is 24.5 Å². The van der Waals surface area contributed by atoms with Crippen LogP contribution in [-0.4, -0.2) is 57.7 Å². The van der Waals surface area contributed by atoms with Gasteiger partial charge in [0.15, 0.2) is 0 Å². The van der Waals surface area contributed by atoms with Crippen LogP contribution in [0.15, 0.2) is 54.6 Å². The normalized spacial score (nSPS) is 10.6. The molecular weight excluding hydrogens is 532 g/mol. The molecule has 0 aliphatic carbocycles. The Hall–Kier alpha value is -4.71. The van der Waals surface area contributed by atoms with Crippen molar-refractivity contribution in [3.8, 4) is 21.7 Å². The summed E-state index contributed by atoms with van der Waals surface area (Å²) in [4.78, 5) is 55.8. The summed E-state index contributed by atoms with van der Waals surface area (Å²) >= 11 is 1.33. The van der Waals surface area contributed by atoms with Gasteiger partial charge in [0, 0.05) is 66.0 Å². The third-order valence-corrected chi connectivity index (χ3v) is 6.50. The maximum absolute atomic E-state index is 13.4. The van der Waals surface area contributed by atoms with Gasteiger partial charge < -0.3 is 14.8 Å². The SMILES string of the molecule is CCNC(=O)Nc1ncc(-c2cncc(C(=O)OCC)c2)c(-c2nc(Cc3ccncc3)cs2)c1C(=O)OCC. The lowest BCUT2D eigenvalue weighted by molar-refractivity contribution is 0.0517. The van der Waals surface area contributed by atoms with Crippen LogP contribution in [0.2, 0.25) is 0 Å². The number of ether oxygens (including phenoxy) is 2. The highest BCUT2D eigenvalue weighted by Crippen LogP contribution is 2.39. The molecule has 0 aliphatic rings. The Morgan fingerprint density at radius 3 is 2.42 bits per heavy atom. The molecule has 0 radical (unpaired) electrons. The lowest BCUT2D eigenvalue weighted by atomic mass is 9.97. The number of anilines is 1. The first-order valence-electron chi connectivity index (χ1n) is 12.7. The monoisotopic (exact) mass is 560 g/mol. The van der Waals surface area contributed by atoms with Crippen LogP contribution in [0.3, 0.4) is 0 Å². The predicted molar refractivity (Wildman–Crippen MR) is 150 cm³/mol. The number of carbonyl (C=O) groups excluding carboxylic acids is 3. The molecule has 0 aromatic carbocycles. The molecule has 206 valence electrons. The molecule has 4 aromatic rings. The summed E-state index contributed by atoms with van der Waals surface area (Å²) in [6, 6.07) is 4.90. The van der Waals surface area contributed by atoms with Gasteiger partial charge in [-0.1, -0.05) is 0 Å². The average Bonchev–Trinajstić information content (AvgIpc) is 3.41. The van der Waals surface area contributed by atoms with Gasteiger partial charge in [0.1, 0.15) is 16.4 Å². The van der Waals surface area contributed by atoms with E-state index >= 15 is 0 Å². The molecule has 2 N–H and O–H groups in total. The number of nitrogens with one attached hydrogen (secondary N) is 2. The second-order valence-corrected chi connectivity index (χ2v) is 9.19. The lowest BCUT2D eigenvalue weighted by Crippen LogP contribution is -2.29. The molecule has 11 nitrogen and oxygen atoms in total. The zero-order chi connectivity index (χ0) is 28.5. The Bertz CT molecular complexity index is 1510. The van der Waals surface area contributed by atoms with Gasteiger partial charge in [-0.3, -0.25) is 15.3 Å². The van der Waals surface area contributed by atoms with Crippen molar-refractivity contribution in [1.29, 1.82) is 0 Å². The Labute approximate surface area is 235 Å². The number of hydrogen-bond acceptors (Lipinski definition) is 10. The highest BCUT2D eigenvalue weighted by molar-refractivity contribution is 7.13. The third-order valence-electron chi connectivity index (χ3n) is 5.59. The fourth-order valence-electron chi connectivity index (χ4n) is 3.89. The van der Waals surface area contributed by atoms with Crippen LogP contribution < -0.4 is 10.6 Å². The molecule has 40 heavy (non-hydrogen) atoms. The van der Waals surface area contributed by atoms with Gasteiger partial charge in [-0.2, -0.15) is 0 Å². The zero-order valence-electron chi connectivity index (χ0n) is 22.3. The van der Waals surface area contributed by atoms with Crippen molar-refractivity contribution in [3.63, 3.8) is 0 Å². The number of carbonyl (C=O) groups is 3. The molecule has 4 aromatic heterocycles. The maximum Gasteiger partial charge on any atom is 0.342 e. The number of aromatic nitrogens is 4. The highest BCUT2D eigenvalue weighted by Gasteiger charge is 2.27. The smallest absolute Gasteiger partial charge is 0.342 e. The molecule has 0 saturated heterocycles. The van der Waals surface area contributed by atoms with Gasteiger partial charge in [-0.05, 0) is 44.5 Å². The number of rotatable bonds is 10. The molecule has 0 atom stereocenters. The average molecular weight is 561 g/mol. The van der Waals surface area contributed by atoms with Crippen LogP contribution in [0.25, 0.3) is 21.7 Å². The molecule has 0 bridgehead atoms. The van der Waals surface area contributed by atoms with Crippen molar-refractivity contribution in [2.24, 2.45) is 0 Å². The van der Waals surface area contributed by atoms with E-state index in [1.54, 1.807) is 45.4 Å². The van der Waals surface area contributed by atoms with E-state index in [-0.39, 0.29) is 30.2 Å². The van der Waals surface area contributed by atoms with Crippen molar-refractivity contribution >= 4 is 35.1 Å². The van der Waals surface area contributed by atoms with E-state index in [1.807, 2.05) is 17.5 Å². The minimum atomic E-state index is -0.681. The van der Waals surface area contributed by atoms with Crippen LogP contribution in [-0.2, 0) is 15.9 Å². The number of hydrogen-bond donors (Lipinski definition) is 2. The molecule has 12 heteroatoms. The van der Waals surface area contributed by atoms with E-state index in [4.69, 9.17) is 14.5 Å². The van der Waals surface area contributed by atoms with Gasteiger partial charge in [0.2, 0.25) is 0 Å². The van der Waals surface area contributed by atoms with Crippen LogP contribution in [0.5, 0.6) is 0 Å². The van der Waals surface area contributed by atoms with E-state index in [9.17, 15) is 14.4 Å². The molecule has 0 unspecified atom stereocenters. The van der Waals surface area contributed by atoms with Crippen LogP contribution in [0.1, 0.15) is 52.7 Å². The number of urea groups is 1. The molecule has 4 heterocycles. The summed E-state index contributed by atoms with van der Waals surface area (Å²) in [5, 5.41) is 7.70. The second kappa shape index (κ2) is 13.4. The van der Waals surface area contributed by atoms with E-state index in [2.05, 4.69) is 25.6 Å². The molecule has 0 aliphatic heterocycles. The van der Waals surface area contributed by atoms with E-state index in [0.29, 0.717) is 34.7 Å². The minimum absolute atomic E-state index is 0.0172. The molecule has 0 spiro atoms. The van der Waals surface area contributed by atoms with Crippen LogP contribution in [0, 0.1) is 0 Å².